The number of esters is 2. The highest BCUT2D eigenvalue weighted by Gasteiger charge is 2.36. The first kappa shape index (κ1) is 21.4. The second kappa shape index (κ2) is 9.53. The maximum Gasteiger partial charge on any atom is 0.336 e. The summed E-state index contributed by atoms with van der Waals surface area (Å²) in [5, 5.41) is 1.90. The molecule has 3 aromatic rings. The Kier molecular flexibility index (Phi) is 6.37. The molecule has 1 aliphatic heterocycles. The number of hydrogen-bond donors (Lipinski definition) is 0. The summed E-state index contributed by atoms with van der Waals surface area (Å²) < 4.78 is 15.9. The Balaban J connectivity index is 1.69. The van der Waals surface area contributed by atoms with Gasteiger partial charge >= 0.3 is 11.9 Å². The molecule has 162 valence electrons. The molecule has 0 bridgehead atoms. The normalized spacial score (nSPS) is 13.8. The van der Waals surface area contributed by atoms with E-state index in [-0.39, 0.29) is 0 Å². The predicted octanol–water partition coefficient (Wildman–Crippen LogP) is 5.26. The Bertz CT molecular complexity index is 1120. The molecule has 0 atom stereocenters. The third-order valence-corrected chi connectivity index (χ3v) is 5.90. The highest BCUT2D eigenvalue weighted by atomic mass is 32.1. The number of para-hydroxylation sites is 1. The van der Waals surface area contributed by atoms with Crippen LogP contribution in [-0.4, -0.2) is 26.2 Å². The lowest BCUT2D eigenvalue weighted by Gasteiger charge is -2.29. The quantitative estimate of drug-likeness (QED) is 0.481. The Morgan fingerprint density at radius 3 is 1.91 bits per heavy atom. The molecule has 1 aliphatic rings. The van der Waals surface area contributed by atoms with Gasteiger partial charge in [0.05, 0.1) is 31.3 Å². The van der Waals surface area contributed by atoms with Crippen LogP contribution in [0.3, 0.4) is 0 Å². The summed E-state index contributed by atoms with van der Waals surface area (Å²) >= 11 is 1.46. The number of carbonyl (C=O) groups excluding carboxylic acids is 2. The molecule has 0 amide bonds. The standard InChI is InChI=1S/C25H21NO5S/c1-29-24(27)20-15-26(16-21(25(28)30-2)23(20)22-9-6-14-32-22)17-10-12-19(13-11-17)31-18-7-4-3-5-8-18/h3-16,23H,1-2H3. The van der Waals surface area contributed by atoms with E-state index in [0.29, 0.717) is 16.9 Å². The van der Waals surface area contributed by atoms with E-state index in [9.17, 15) is 9.59 Å². The van der Waals surface area contributed by atoms with Crippen molar-refractivity contribution >= 4 is 29.0 Å². The lowest BCUT2D eigenvalue weighted by molar-refractivity contribution is -0.137. The third-order valence-electron chi connectivity index (χ3n) is 4.96. The molecule has 2 heterocycles. The van der Waals surface area contributed by atoms with Gasteiger partial charge in [0.1, 0.15) is 11.5 Å². The van der Waals surface area contributed by atoms with Gasteiger partial charge in [-0.05, 0) is 47.8 Å². The van der Waals surface area contributed by atoms with Gasteiger partial charge in [-0.25, -0.2) is 9.59 Å². The van der Waals surface area contributed by atoms with E-state index in [1.807, 2.05) is 72.1 Å². The fourth-order valence-electron chi connectivity index (χ4n) is 3.45. The van der Waals surface area contributed by atoms with Crippen LogP contribution in [0.5, 0.6) is 11.5 Å². The molecule has 0 saturated heterocycles. The Morgan fingerprint density at radius 1 is 0.781 bits per heavy atom. The largest absolute Gasteiger partial charge is 0.466 e. The molecule has 6 nitrogen and oxygen atoms in total. The molecule has 32 heavy (non-hydrogen) atoms. The van der Waals surface area contributed by atoms with Gasteiger partial charge in [0, 0.05) is 23.0 Å². The van der Waals surface area contributed by atoms with Gasteiger partial charge in [0.15, 0.2) is 0 Å². The number of thiophene rings is 1. The highest BCUT2D eigenvalue weighted by molar-refractivity contribution is 7.10. The van der Waals surface area contributed by atoms with Crippen LogP contribution in [0.4, 0.5) is 5.69 Å². The van der Waals surface area contributed by atoms with E-state index in [1.54, 1.807) is 17.3 Å². The van der Waals surface area contributed by atoms with E-state index in [1.165, 1.54) is 25.6 Å². The number of carbonyl (C=O) groups is 2. The molecular formula is C25H21NO5S. The zero-order chi connectivity index (χ0) is 22.5. The van der Waals surface area contributed by atoms with Crippen molar-refractivity contribution in [2.24, 2.45) is 0 Å². The highest BCUT2D eigenvalue weighted by Crippen LogP contribution is 2.40. The fourth-order valence-corrected chi connectivity index (χ4v) is 4.31. The van der Waals surface area contributed by atoms with Gasteiger partial charge < -0.3 is 19.1 Å². The maximum atomic E-state index is 12.7. The molecule has 0 saturated carbocycles. The van der Waals surface area contributed by atoms with Gasteiger partial charge in [-0.15, -0.1) is 11.3 Å². The first-order chi connectivity index (χ1) is 15.6. The molecular weight excluding hydrogens is 426 g/mol. The van der Waals surface area contributed by atoms with Crippen molar-refractivity contribution in [1.82, 2.24) is 0 Å². The first-order valence-corrected chi connectivity index (χ1v) is 10.7. The zero-order valence-corrected chi connectivity index (χ0v) is 18.4. The van der Waals surface area contributed by atoms with Crippen LogP contribution in [0.25, 0.3) is 0 Å². The zero-order valence-electron chi connectivity index (χ0n) is 17.6. The smallest absolute Gasteiger partial charge is 0.336 e. The van der Waals surface area contributed by atoms with Crippen LogP contribution in [0.15, 0.2) is 95.7 Å². The summed E-state index contributed by atoms with van der Waals surface area (Å²) in [7, 11) is 2.65. The van der Waals surface area contributed by atoms with E-state index >= 15 is 0 Å². The van der Waals surface area contributed by atoms with Gasteiger partial charge in [-0.3, -0.25) is 0 Å². The predicted molar refractivity (Wildman–Crippen MR) is 123 cm³/mol. The van der Waals surface area contributed by atoms with Crippen LogP contribution in [0.1, 0.15) is 10.8 Å². The van der Waals surface area contributed by atoms with E-state index in [0.717, 1.165) is 16.3 Å². The van der Waals surface area contributed by atoms with Gasteiger partial charge in [-0.2, -0.15) is 0 Å². The van der Waals surface area contributed by atoms with Crippen molar-refractivity contribution in [3.63, 3.8) is 0 Å². The summed E-state index contributed by atoms with van der Waals surface area (Å²) in [6, 6.07) is 20.6. The Morgan fingerprint density at radius 2 is 1.38 bits per heavy atom. The topological polar surface area (TPSA) is 65.1 Å². The average Bonchev–Trinajstić information content (AvgIpc) is 3.38. The van der Waals surface area contributed by atoms with Gasteiger partial charge in [0.2, 0.25) is 0 Å². The summed E-state index contributed by atoms with van der Waals surface area (Å²) in [4.78, 5) is 27.9. The molecule has 0 unspecified atom stereocenters. The molecule has 4 rings (SSSR count). The molecule has 0 aliphatic carbocycles. The minimum atomic E-state index is -0.563. The van der Waals surface area contributed by atoms with Crippen LogP contribution in [0, 0.1) is 0 Å². The minimum Gasteiger partial charge on any atom is -0.466 e. The van der Waals surface area contributed by atoms with Crippen LogP contribution in [0.2, 0.25) is 0 Å². The molecule has 0 spiro atoms. The molecule has 2 aromatic carbocycles. The molecule has 0 N–H and O–H groups in total. The third kappa shape index (κ3) is 4.43. The number of rotatable bonds is 6. The summed E-state index contributed by atoms with van der Waals surface area (Å²) in [5.74, 6) is -0.175. The molecule has 7 heteroatoms. The number of nitrogens with zero attached hydrogens (tertiary/aromatic N) is 1. The van der Waals surface area contributed by atoms with Crippen molar-refractivity contribution < 1.29 is 23.8 Å². The van der Waals surface area contributed by atoms with E-state index in [2.05, 4.69) is 0 Å². The number of methoxy groups -OCH3 is 2. The van der Waals surface area contributed by atoms with Crippen LogP contribution >= 0.6 is 11.3 Å². The summed E-state index contributed by atoms with van der Waals surface area (Å²) in [6.45, 7) is 0. The first-order valence-electron chi connectivity index (χ1n) is 9.85. The van der Waals surface area contributed by atoms with Crippen molar-refractivity contribution in [3.05, 3.63) is 101 Å². The van der Waals surface area contributed by atoms with Crippen molar-refractivity contribution in [2.45, 2.75) is 5.92 Å². The number of anilines is 1. The Hall–Kier alpha value is -3.84. The molecule has 0 radical (unpaired) electrons. The maximum absolute atomic E-state index is 12.7. The number of hydrogen-bond acceptors (Lipinski definition) is 7. The molecule has 0 fully saturated rings. The lowest BCUT2D eigenvalue weighted by Crippen LogP contribution is -2.28. The number of benzene rings is 2. The molecule has 1 aromatic heterocycles. The SMILES string of the molecule is COC(=O)C1=CN(c2ccc(Oc3ccccc3)cc2)C=C(C(=O)OC)C1c1cccs1. The van der Waals surface area contributed by atoms with Gasteiger partial charge in [0.25, 0.3) is 0 Å². The summed E-state index contributed by atoms with van der Waals surface area (Å²) in [6.07, 6.45) is 3.38. The average molecular weight is 448 g/mol. The lowest BCUT2D eigenvalue weighted by atomic mass is 9.88. The van der Waals surface area contributed by atoms with Crippen molar-refractivity contribution in [3.8, 4) is 11.5 Å². The van der Waals surface area contributed by atoms with E-state index in [4.69, 9.17) is 14.2 Å². The van der Waals surface area contributed by atoms with Crippen LogP contribution in [-0.2, 0) is 19.1 Å². The minimum absolute atomic E-state index is 0.350. The number of ether oxygens (including phenoxy) is 3. The van der Waals surface area contributed by atoms with Crippen LogP contribution < -0.4 is 9.64 Å². The Labute approximate surface area is 190 Å². The summed E-state index contributed by atoms with van der Waals surface area (Å²) in [5.41, 5.74) is 1.45. The second-order valence-corrected chi connectivity index (χ2v) is 7.90. The van der Waals surface area contributed by atoms with Gasteiger partial charge in [-0.1, -0.05) is 24.3 Å². The fraction of sp³-hybridized carbons (Fsp3) is 0.120. The van der Waals surface area contributed by atoms with E-state index < -0.39 is 17.9 Å². The van der Waals surface area contributed by atoms with Crippen molar-refractivity contribution in [1.29, 1.82) is 0 Å². The van der Waals surface area contributed by atoms with Crippen molar-refractivity contribution in [2.75, 3.05) is 19.1 Å². The monoisotopic (exact) mass is 447 g/mol. The second-order valence-electron chi connectivity index (χ2n) is 6.92.